The average Bonchev–Trinajstić information content (AvgIpc) is 2.41. The van der Waals surface area contributed by atoms with Crippen LogP contribution in [0.1, 0.15) is 53.9 Å². The molecule has 0 N–H and O–H groups in total. The molecule has 4 atom stereocenters. The molecule has 0 aromatic rings. The van der Waals surface area contributed by atoms with Crippen LogP contribution < -0.4 is 0 Å². The van der Waals surface area contributed by atoms with Crippen molar-refractivity contribution in [2.45, 2.75) is 53.9 Å². The summed E-state index contributed by atoms with van der Waals surface area (Å²) in [7, 11) is 0. The zero-order valence-electron chi connectivity index (χ0n) is 9.85. The summed E-state index contributed by atoms with van der Waals surface area (Å²) in [6.45, 7) is 12.4. The first-order chi connectivity index (χ1) is 5.96. The number of hydrogen-bond acceptors (Lipinski definition) is 0. The predicted octanol–water partition coefficient (Wildman–Crippen LogP) is 4.10. The SMILES string of the molecule is CCC1CCC2C(C)C(C)(C)C12C. The molecule has 0 bridgehead atoms. The Morgan fingerprint density at radius 1 is 1.15 bits per heavy atom. The second-order valence-electron chi connectivity index (χ2n) is 6.08. The van der Waals surface area contributed by atoms with E-state index in [1.165, 1.54) is 19.3 Å². The van der Waals surface area contributed by atoms with Crippen molar-refractivity contribution >= 4 is 0 Å². The Bertz CT molecular complexity index is 208. The Kier molecular flexibility index (Phi) is 1.85. The highest BCUT2D eigenvalue weighted by Gasteiger charge is 2.66. The van der Waals surface area contributed by atoms with Crippen LogP contribution in [0, 0.1) is 28.6 Å². The van der Waals surface area contributed by atoms with E-state index in [2.05, 4.69) is 34.6 Å². The highest BCUT2D eigenvalue weighted by molar-refractivity contribution is 5.15. The van der Waals surface area contributed by atoms with E-state index < -0.39 is 0 Å². The van der Waals surface area contributed by atoms with Gasteiger partial charge in [0, 0.05) is 0 Å². The quantitative estimate of drug-likeness (QED) is 0.570. The van der Waals surface area contributed by atoms with Crippen LogP contribution in [0.15, 0.2) is 0 Å². The normalized spacial score (nSPS) is 52.8. The van der Waals surface area contributed by atoms with Gasteiger partial charge in [-0.2, -0.15) is 0 Å². The van der Waals surface area contributed by atoms with E-state index in [1.807, 2.05) is 0 Å². The Hall–Kier alpha value is 0. The molecular formula is C13H24. The molecule has 0 amide bonds. The average molecular weight is 180 g/mol. The van der Waals surface area contributed by atoms with Crippen molar-refractivity contribution in [3.8, 4) is 0 Å². The summed E-state index contributed by atoms with van der Waals surface area (Å²) in [6.07, 6.45) is 4.38. The van der Waals surface area contributed by atoms with E-state index in [9.17, 15) is 0 Å². The highest BCUT2D eigenvalue weighted by Crippen LogP contribution is 2.73. The van der Waals surface area contributed by atoms with Gasteiger partial charge in [-0.05, 0) is 41.4 Å². The van der Waals surface area contributed by atoms with Crippen molar-refractivity contribution in [1.29, 1.82) is 0 Å². The van der Waals surface area contributed by atoms with Crippen LogP contribution in [-0.4, -0.2) is 0 Å². The molecule has 0 aromatic heterocycles. The molecule has 2 saturated carbocycles. The first kappa shape index (κ1) is 9.55. The summed E-state index contributed by atoms with van der Waals surface area (Å²) in [4.78, 5) is 0. The van der Waals surface area contributed by atoms with Gasteiger partial charge in [-0.15, -0.1) is 0 Å². The fourth-order valence-electron chi connectivity index (χ4n) is 4.58. The Balaban J connectivity index is 2.29. The highest BCUT2D eigenvalue weighted by atomic mass is 14.7. The van der Waals surface area contributed by atoms with Crippen molar-refractivity contribution < 1.29 is 0 Å². The Morgan fingerprint density at radius 3 is 2.31 bits per heavy atom. The molecule has 2 fully saturated rings. The second kappa shape index (κ2) is 2.52. The van der Waals surface area contributed by atoms with E-state index in [1.54, 1.807) is 0 Å². The van der Waals surface area contributed by atoms with E-state index >= 15 is 0 Å². The van der Waals surface area contributed by atoms with E-state index in [-0.39, 0.29) is 0 Å². The topological polar surface area (TPSA) is 0 Å². The molecule has 0 radical (unpaired) electrons. The Morgan fingerprint density at radius 2 is 1.77 bits per heavy atom. The molecule has 2 aliphatic carbocycles. The minimum absolute atomic E-state index is 0.592. The van der Waals surface area contributed by atoms with Crippen LogP contribution >= 0.6 is 0 Å². The van der Waals surface area contributed by atoms with Gasteiger partial charge in [0.25, 0.3) is 0 Å². The van der Waals surface area contributed by atoms with Crippen LogP contribution in [0.3, 0.4) is 0 Å². The second-order valence-corrected chi connectivity index (χ2v) is 6.08. The molecule has 2 aliphatic rings. The maximum atomic E-state index is 2.55. The third-order valence-electron chi connectivity index (χ3n) is 6.07. The van der Waals surface area contributed by atoms with Gasteiger partial charge in [0.1, 0.15) is 0 Å². The molecule has 2 rings (SSSR count). The zero-order chi connectivity index (χ0) is 9.85. The van der Waals surface area contributed by atoms with Crippen molar-refractivity contribution in [3.05, 3.63) is 0 Å². The van der Waals surface area contributed by atoms with Crippen LogP contribution in [0.2, 0.25) is 0 Å². The molecule has 0 nitrogen and oxygen atoms in total. The largest absolute Gasteiger partial charge is 0.0651 e. The minimum Gasteiger partial charge on any atom is -0.0651 e. The lowest BCUT2D eigenvalue weighted by atomic mass is 9.39. The van der Waals surface area contributed by atoms with Gasteiger partial charge >= 0.3 is 0 Å². The monoisotopic (exact) mass is 180 g/mol. The summed E-state index contributed by atoms with van der Waals surface area (Å²) < 4.78 is 0. The van der Waals surface area contributed by atoms with Crippen LogP contribution in [0.4, 0.5) is 0 Å². The lowest BCUT2D eigenvalue weighted by molar-refractivity contribution is -0.174. The van der Waals surface area contributed by atoms with Crippen LogP contribution in [0.25, 0.3) is 0 Å². The maximum absolute atomic E-state index is 2.55. The fourth-order valence-corrected chi connectivity index (χ4v) is 4.58. The van der Waals surface area contributed by atoms with Gasteiger partial charge in [-0.1, -0.05) is 41.0 Å². The summed E-state index contributed by atoms with van der Waals surface area (Å²) >= 11 is 0. The van der Waals surface area contributed by atoms with Crippen molar-refractivity contribution in [1.82, 2.24) is 0 Å². The molecule has 0 aromatic carbocycles. The fraction of sp³-hybridized carbons (Fsp3) is 1.00. The molecule has 0 heteroatoms. The number of hydrogen-bond donors (Lipinski definition) is 0. The lowest BCUT2D eigenvalue weighted by Crippen LogP contribution is -2.60. The Labute approximate surface area is 83.1 Å². The van der Waals surface area contributed by atoms with E-state index in [0.717, 1.165) is 17.8 Å². The molecular weight excluding hydrogens is 156 g/mol. The smallest absolute Gasteiger partial charge is 0.0213 e. The van der Waals surface area contributed by atoms with E-state index in [0.29, 0.717) is 10.8 Å². The first-order valence-electron chi connectivity index (χ1n) is 5.96. The number of fused-ring (bicyclic) bond motifs is 1. The van der Waals surface area contributed by atoms with Crippen LogP contribution in [0.5, 0.6) is 0 Å². The molecule has 4 unspecified atom stereocenters. The molecule has 0 aliphatic heterocycles. The van der Waals surface area contributed by atoms with Crippen molar-refractivity contribution in [2.24, 2.45) is 28.6 Å². The van der Waals surface area contributed by atoms with Gasteiger partial charge in [0.15, 0.2) is 0 Å². The third kappa shape index (κ3) is 0.831. The van der Waals surface area contributed by atoms with Gasteiger partial charge in [0.05, 0.1) is 0 Å². The third-order valence-corrected chi connectivity index (χ3v) is 6.07. The van der Waals surface area contributed by atoms with E-state index in [4.69, 9.17) is 0 Å². The molecule has 0 spiro atoms. The lowest BCUT2D eigenvalue weighted by Gasteiger charge is -2.65. The predicted molar refractivity (Wildman–Crippen MR) is 57.6 cm³/mol. The van der Waals surface area contributed by atoms with Gasteiger partial charge in [0.2, 0.25) is 0 Å². The van der Waals surface area contributed by atoms with Gasteiger partial charge in [-0.25, -0.2) is 0 Å². The molecule has 76 valence electrons. The van der Waals surface area contributed by atoms with Crippen molar-refractivity contribution in [3.63, 3.8) is 0 Å². The maximum Gasteiger partial charge on any atom is -0.0213 e. The zero-order valence-corrected chi connectivity index (χ0v) is 9.85. The van der Waals surface area contributed by atoms with Crippen LogP contribution in [-0.2, 0) is 0 Å². The molecule has 0 saturated heterocycles. The minimum atomic E-state index is 0.592. The number of rotatable bonds is 1. The first-order valence-corrected chi connectivity index (χ1v) is 5.96. The molecule has 0 heterocycles. The standard InChI is InChI=1S/C13H24/c1-6-10-7-8-11-9(2)12(3,4)13(10,11)5/h9-11H,6-8H2,1-5H3. The summed E-state index contributed by atoms with van der Waals surface area (Å²) in [6, 6.07) is 0. The van der Waals surface area contributed by atoms with Crippen molar-refractivity contribution in [2.75, 3.05) is 0 Å². The summed E-state index contributed by atoms with van der Waals surface area (Å²) in [5.74, 6) is 2.99. The van der Waals surface area contributed by atoms with Gasteiger partial charge < -0.3 is 0 Å². The summed E-state index contributed by atoms with van der Waals surface area (Å²) in [5.41, 5.74) is 1.26. The van der Waals surface area contributed by atoms with Gasteiger partial charge in [-0.3, -0.25) is 0 Å². The molecule has 13 heavy (non-hydrogen) atoms. The summed E-state index contributed by atoms with van der Waals surface area (Å²) in [5, 5.41) is 0.